The number of likely N-dealkylation sites (tertiary alicyclic amines) is 1. The van der Waals surface area contributed by atoms with E-state index in [1.165, 1.54) is 30.5 Å². The molecule has 1 saturated heterocycles. The number of nitrogens with zero attached hydrogens (tertiary/aromatic N) is 2. The summed E-state index contributed by atoms with van der Waals surface area (Å²) in [5, 5.41) is 2.87. The number of carbonyl (C=O) groups excluding carboxylic acids is 1. The van der Waals surface area contributed by atoms with E-state index in [4.69, 9.17) is 4.74 Å². The average Bonchev–Trinajstić information content (AvgIpc) is 3.04. The molecule has 1 aromatic carbocycles. The minimum absolute atomic E-state index is 0.0912. The van der Waals surface area contributed by atoms with Gasteiger partial charge in [-0.15, -0.1) is 0 Å². The van der Waals surface area contributed by atoms with Crippen LogP contribution in [-0.4, -0.2) is 44.3 Å². The monoisotopic (exact) mass is 359 g/mol. The van der Waals surface area contributed by atoms with E-state index in [-0.39, 0.29) is 11.5 Å². The summed E-state index contributed by atoms with van der Waals surface area (Å²) in [6.07, 6.45) is 7.06. The van der Waals surface area contributed by atoms with Crippen LogP contribution in [0.3, 0.4) is 0 Å². The van der Waals surface area contributed by atoms with Crippen LogP contribution in [0.5, 0.6) is 5.75 Å². The van der Waals surface area contributed by atoms with Crippen molar-refractivity contribution in [2.75, 3.05) is 32.1 Å². The van der Waals surface area contributed by atoms with Crippen LogP contribution >= 0.6 is 0 Å². The quantitative estimate of drug-likeness (QED) is 0.744. The van der Waals surface area contributed by atoms with Crippen LogP contribution in [0, 0.1) is 0 Å². The van der Waals surface area contributed by atoms with Gasteiger partial charge in [-0.1, -0.05) is 39.5 Å². The Morgan fingerprint density at radius 3 is 2.81 bits per heavy atom. The fourth-order valence-electron chi connectivity index (χ4n) is 4.68. The summed E-state index contributed by atoms with van der Waals surface area (Å²) >= 11 is 0. The number of hydrogen-bond donors (Lipinski definition) is 1. The summed E-state index contributed by atoms with van der Waals surface area (Å²) in [7, 11) is 4.34. The van der Waals surface area contributed by atoms with Crippen LogP contribution in [0.25, 0.3) is 0 Å². The second kappa shape index (κ2) is 7.87. The minimum Gasteiger partial charge on any atom is -0.410 e. The number of hydrogen-bond acceptors (Lipinski definition) is 4. The predicted molar refractivity (Wildman–Crippen MR) is 106 cm³/mol. The summed E-state index contributed by atoms with van der Waals surface area (Å²) in [5.41, 5.74) is 2.63. The highest BCUT2D eigenvalue weighted by molar-refractivity contribution is 5.72. The van der Waals surface area contributed by atoms with Crippen molar-refractivity contribution in [2.45, 2.75) is 64.0 Å². The van der Waals surface area contributed by atoms with Gasteiger partial charge < -0.3 is 15.0 Å². The lowest BCUT2D eigenvalue weighted by Crippen LogP contribution is -2.45. The van der Waals surface area contributed by atoms with Crippen LogP contribution in [0.15, 0.2) is 18.2 Å². The van der Waals surface area contributed by atoms with Gasteiger partial charge in [0.15, 0.2) is 0 Å². The number of likely N-dealkylation sites (N-methyl/N-ethyl adjacent to an activating group) is 2. The van der Waals surface area contributed by atoms with E-state index < -0.39 is 0 Å². The Labute approximate surface area is 157 Å². The number of ether oxygens (including phenoxy) is 1. The molecular formula is C21H33N3O2. The van der Waals surface area contributed by atoms with Crippen molar-refractivity contribution in [1.29, 1.82) is 0 Å². The summed E-state index contributed by atoms with van der Waals surface area (Å²) in [6, 6.07) is 6.05. The number of unbranched alkanes of at least 4 members (excludes halogenated alkanes) is 4. The molecule has 5 heteroatoms. The minimum atomic E-state index is -0.350. The van der Waals surface area contributed by atoms with Gasteiger partial charge in [0.25, 0.3) is 0 Å². The fraction of sp³-hybridized carbons (Fsp3) is 0.667. The third-order valence-electron chi connectivity index (χ3n) is 6.06. The molecule has 2 heterocycles. The van der Waals surface area contributed by atoms with Crippen LogP contribution in [-0.2, 0) is 5.41 Å². The molecule has 1 fully saturated rings. The summed E-state index contributed by atoms with van der Waals surface area (Å²) in [5.74, 6) is 0.636. The molecule has 144 valence electrons. The number of nitrogens with one attached hydrogen (secondary N) is 1. The maximum Gasteiger partial charge on any atom is 0.412 e. The summed E-state index contributed by atoms with van der Waals surface area (Å²) in [4.78, 5) is 16.8. The molecule has 1 amide bonds. The molecule has 0 saturated carbocycles. The number of rotatable bonds is 7. The smallest absolute Gasteiger partial charge is 0.410 e. The van der Waals surface area contributed by atoms with Gasteiger partial charge >= 0.3 is 6.09 Å². The van der Waals surface area contributed by atoms with Crippen LogP contribution in [0.1, 0.15) is 57.9 Å². The topological polar surface area (TPSA) is 44.8 Å². The van der Waals surface area contributed by atoms with Crippen LogP contribution in [0.2, 0.25) is 0 Å². The second-order valence-electron chi connectivity index (χ2n) is 8.04. The Balaban J connectivity index is 1.58. The standard InChI is InChI=1S/C21H33N3O2/c1-5-6-7-8-9-13-22-20(25)26-16-10-11-18-17(15-16)21(2)12-14-23(3)19(21)24(18)4/h10-11,15,19H,5-9,12-14H2,1-4H3,(H,22,25)/t19-,21+/m0/s1. The third kappa shape index (κ3) is 3.54. The average molecular weight is 360 g/mol. The van der Waals surface area contributed by atoms with Gasteiger partial charge in [0, 0.05) is 31.2 Å². The molecule has 0 radical (unpaired) electrons. The Hall–Kier alpha value is -1.75. The highest BCUT2D eigenvalue weighted by Crippen LogP contribution is 2.51. The molecule has 0 unspecified atom stereocenters. The Kier molecular flexibility index (Phi) is 5.76. The number of carbonyl (C=O) groups is 1. The van der Waals surface area contributed by atoms with E-state index in [2.05, 4.69) is 55.2 Å². The first kappa shape index (κ1) is 19.0. The molecule has 0 spiro atoms. The molecule has 5 nitrogen and oxygen atoms in total. The number of fused-ring (bicyclic) bond motifs is 3. The molecule has 1 N–H and O–H groups in total. The first-order valence-corrected chi connectivity index (χ1v) is 10.0. The second-order valence-corrected chi connectivity index (χ2v) is 8.04. The molecule has 26 heavy (non-hydrogen) atoms. The van der Waals surface area contributed by atoms with Crippen molar-refractivity contribution in [3.05, 3.63) is 23.8 Å². The molecule has 2 aliphatic rings. The van der Waals surface area contributed by atoms with Crippen molar-refractivity contribution < 1.29 is 9.53 Å². The highest BCUT2D eigenvalue weighted by Gasteiger charge is 2.52. The predicted octanol–water partition coefficient (Wildman–Crippen LogP) is 4.11. The molecular weight excluding hydrogens is 326 g/mol. The van der Waals surface area contributed by atoms with E-state index in [0.29, 0.717) is 18.5 Å². The zero-order valence-electron chi connectivity index (χ0n) is 16.7. The van der Waals surface area contributed by atoms with Gasteiger partial charge in [0.2, 0.25) is 0 Å². The van der Waals surface area contributed by atoms with E-state index >= 15 is 0 Å². The zero-order chi connectivity index (χ0) is 18.7. The van der Waals surface area contributed by atoms with E-state index in [1.54, 1.807) is 0 Å². The van der Waals surface area contributed by atoms with E-state index in [0.717, 1.165) is 25.8 Å². The van der Waals surface area contributed by atoms with Gasteiger partial charge in [-0.3, -0.25) is 4.90 Å². The third-order valence-corrected chi connectivity index (χ3v) is 6.06. The number of benzene rings is 1. The Bertz CT molecular complexity index is 648. The molecule has 0 aliphatic carbocycles. The first-order valence-electron chi connectivity index (χ1n) is 10.0. The first-order chi connectivity index (χ1) is 12.5. The zero-order valence-corrected chi connectivity index (χ0v) is 16.7. The van der Waals surface area contributed by atoms with Gasteiger partial charge in [-0.05, 0) is 43.7 Å². The largest absolute Gasteiger partial charge is 0.412 e. The van der Waals surface area contributed by atoms with Crippen LogP contribution in [0.4, 0.5) is 10.5 Å². The normalized spacial score (nSPS) is 24.5. The molecule has 1 aromatic rings. The van der Waals surface area contributed by atoms with E-state index in [9.17, 15) is 4.79 Å². The summed E-state index contributed by atoms with van der Waals surface area (Å²) < 4.78 is 5.54. The van der Waals surface area contributed by atoms with Gasteiger partial charge in [-0.25, -0.2) is 4.79 Å². The van der Waals surface area contributed by atoms with Gasteiger partial charge in [0.1, 0.15) is 5.75 Å². The lowest BCUT2D eigenvalue weighted by molar-refractivity contribution is 0.200. The highest BCUT2D eigenvalue weighted by atomic mass is 16.6. The SMILES string of the molecule is CCCCCCCNC(=O)Oc1ccc2c(c1)[C@@]1(C)CCN(C)[C@H]1N2C. The maximum absolute atomic E-state index is 12.1. The lowest BCUT2D eigenvalue weighted by atomic mass is 9.81. The van der Waals surface area contributed by atoms with E-state index in [1.807, 2.05) is 6.07 Å². The maximum atomic E-state index is 12.1. The van der Waals surface area contributed by atoms with Gasteiger partial charge in [-0.2, -0.15) is 0 Å². The molecule has 0 bridgehead atoms. The van der Waals surface area contributed by atoms with Gasteiger partial charge in [0.05, 0.1) is 6.17 Å². The number of anilines is 1. The fourth-order valence-corrected chi connectivity index (χ4v) is 4.68. The van der Waals surface area contributed by atoms with Crippen molar-refractivity contribution in [3.8, 4) is 5.75 Å². The summed E-state index contributed by atoms with van der Waals surface area (Å²) in [6.45, 7) is 6.30. The molecule has 2 atom stereocenters. The molecule has 0 aromatic heterocycles. The van der Waals surface area contributed by atoms with Crippen LogP contribution < -0.4 is 15.0 Å². The Morgan fingerprint density at radius 1 is 1.27 bits per heavy atom. The Morgan fingerprint density at radius 2 is 2.04 bits per heavy atom. The van der Waals surface area contributed by atoms with Crippen molar-refractivity contribution in [1.82, 2.24) is 10.2 Å². The molecule has 2 aliphatic heterocycles. The van der Waals surface area contributed by atoms with Crippen molar-refractivity contribution in [2.24, 2.45) is 0 Å². The van der Waals surface area contributed by atoms with Crippen molar-refractivity contribution >= 4 is 11.8 Å². The lowest BCUT2D eigenvalue weighted by Gasteiger charge is -2.32. The number of amides is 1. The van der Waals surface area contributed by atoms with Crippen molar-refractivity contribution in [3.63, 3.8) is 0 Å². The molecule has 3 rings (SSSR count).